The molecular formula is C23H23ClN2O3S. The van der Waals surface area contributed by atoms with Crippen LogP contribution in [0.15, 0.2) is 71.6 Å². The van der Waals surface area contributed by atoms with Gasteiger partial charge in [0, 0.05) is 13.6 Å². The predicted molar refractivity (Wildman–Crippen MR) is 121 cm³/mol. The lowest BCUT2D eigenvalue weighted by atomic mass is 10.1. The van der Waals surface area contributed by atoms with Crippen LogP contribution < -0.4 is 9.62 Å². The number of nitrogens with zero attached hydrogens (tertiary/aromatic N) is 1. The van der Waals surface area contributed by atoms with E-state index in [4.69, 9.17) is 11.6 Å². The summed E-state index contributed by atoms with van der Waals surface area (Å²) in [5, 5.41) is 3.08. The average molecular weight is 443 g/mol. The molecule has 30 heavy (non-hydrogen) atoms. The zero-order chi connectivity index (χ0) is 21.9. The number of halogens is 1. The van der Waals surface area contributed by atoms with E-state index in [-0.39, 0.29) is 21.4 Å². The minimum Gasteiger partial charge on any atom is -0.348 e. The Morgan fingerprint density at radius 3 is 2.10 bits per heavy atom. The molecular weight excluding hydrogens is 420 g/mol. The molecule has 3 aromatic rings. The van der Waals surface area contributed by atoms with Gasteiger partial charge in [0.25, 0.3) is 15.9 Å². The van der Waals surface area contributed by atoms with Crippen LogP contribution >= 0.6 is 11.6 Å². The largest absolute Gasteiger partial charge is 0.348 e. The van der Waals surface area contributed by atoms with E-state index in [0.717, 1.165) is 21.0 Å². The number of anilines is 1. The Labute approximate surface area is 182 Å². The number of amides is 1. The minimum atomic E-state index is -3.76. The van der Waals surface area contributed by atoms with Crippen LogP contribution in [0.1, 0.15) is 27.0 Å². The number of hydrogen-bond acceptors (Lipinski definition) is 3. The lowest BCUT2D eigenvalue weighted by molar-refractivity contribution is 0.0951. The van der Waals surface area contributed by atoms with Gasteiger partial charge in [-0.1, -0.05) is 59.1 Å². The first-order valence-electron chi connectivity index (χ1n) is 9.37. The first-order chi connectivity index (χ1) is 14.2. The Morgan fingerprint density at radius 2 is 1.50 bits per heavy atom. The second kappa shape index (κ2) is 8.90. The Morgan fingerprint density at radius 1 is 0.933 bits per heavy atom. The van der Waals surface area contributed by atoms with Gasteiger partial charge in [-0.2, -0.15) is 0 Å². The van der Waals surface area contributed by atoms with E-state index in [1.54, 1.807) is 30.3 Å². The molecule has 3 aromatic carbocycles. The summed E-state index contributed by atoms with van der Waals surface area (Å²) in [6, 6.07) is 19.0. The van der Waals surface area contributed by atoms with Crippen LogP contribution in [0.25, 0.3) is 0 Å². The topological polar surface area (TPSA) is 66.5 Å². The van der Waals surface area contributed by atoms with Crippen molar-refractivity contribution in [3.63, 3.8) is 0 Å². The van der Waals surface area contributed by atoms with Gasteiger partial charge in [0.15, 0.2) is 0 Å². The Hall–Kier alpha value is -2.83. The molecule has 0 fully saturated rings. The van der Waals surface area contributed by atoms with E-state index >= 15 is 0 Å². The van der Waals surface area contributed by atoms with E-state index in [1.165, 1.54) is 19.2 Å². The number of hydrogen-bond donors (Lipinski definition) is 1. The third kappa shape index (κ3) is 4.83. The molecule has 0 aliphatic carbocycles. The second-order valence-corrected chi connectivity index (χ2v) is 9.49. The van der Waals surface area contributed by atoms with Gasteiger partial charge in [0.05, 0.1) is 21.2 Å². The van der Waals surface area contributed by atoms with Gasteiger partial charge in [-0.15, -0.1) is 0 Å². The number of carbonyl (C=O) groups is 1. The third-order valence-electron chi connectivity index (χ3n) is 4.81. The van der Waals surface area contributed by atoms with Crippen molar-refractivity contribution in [2.75, 3.05) is 11.4 Å². The number of benzene rings is 3. The molecule has 0 radical (unpaired) electrons. The second-order valence-electron chi connectivity index (χ2n) is 7.12. The van der Waals surface area contributed by atoms with E-state index in [9.17, 15) is 13.2 Å². The number of nitrogens with one attached hydrogen (secondary N) is 1. The fourth-order valence-corrected chi connectivity index (χ4v) is 4.26. The Bertz CT molecular complexity index is 1160. The molecule has 1 N–H and O–H groups in total. The normalized spacial score (nSPS) is 11.2. The van der Waals surface area contributed by atoms with Crippen LogP contribution in [-0.2, 0) is 16.6 Å². The van der Waals surface area contributed by atoms with Gasteiger partial charge in [-0.3, -0.25) is 9.10 Å². The van der Waals surface area contributed by atoms with E-state index in [2.05, 4.69) is 5.32 Å². The monoisotopic (exact) mass is 442 g/mol. The van der Waals surface area contributed by atoms with Crippen LogP contribution in [0.4, 0.5) is 5.69 Å². The molecule has 5 nitrogen and oxygen atoms in total. The SMILES string of the molecule is Cc1ccc(CNC(=O)c2cc(N(C)S(=O)(=O)c3ccc(C)cc3)ccc2Cl)cc1. The van der Waals surface area contributed by atoms with Gasteiger partial charge in [0.1, 0.15) is 0 Å². The van der Waals surface area contributed by atoms with Gasteiger partial charge < -0.3 is 5.32 Å². The highest BCUT2D eigenvalue weighted by Gasteiger charge is 2.22. The molecule has 0 bridgehead atoms. The number of sulfonamides is 1. The average Bonchev–Trinajstić information content (AvgIpc) is 2.73. The van der Waals surface area contributed by atoms with Crippen LogP contribution in [0.5, 0.6) is 0 Å². The zero-order valence-electron chi connectivity index (χ0n) is 17.0. The minimum absolute atomic E-state index is 0.177. The highest BCUT2D eigenvalue weighted by molar-refractivity contribution is 7.92. The first kappa shape index (κ1) is 21.9. The summed E-state index contributed by atoms with van der Waals surface area (Å²) in [7, 11) is -2.31. The standard InChI is InChI=1S/C23H23ClN2O3S/c1-16-4-8-18(9-5-16)15-25-23(27)21-14-19(10-13-22(21)24)26(3)30(28,29)20-11-6-17(2)7-12-20/h4-14H,15H2,1-3H3,(H,25,27). The maximum absolute atomic E-state index is 12.9. The molecule has 0 unspecified atom stereocenters. The van der Waals surface area contributed by atoms with Gasteiger partial charge >= 0.3 is 0 Å². The van der Waals surface area contributed by atoms with E-state index in [1.807, 2.05) is 38.1 Å². The quantitative estimate of drug-likeness (QED) is 0.601. The number of aryl methyl sites for hydroxylation is 2. The highest BCUT2D eigenvalue weighted by atomic mass is 35.5. The maximum Gasteiger partial charge on any atom is 0.264 e. The molecule has 0 spiro atoms. The highest BCUT2D eigenvalue weighted by Crippen LogP contribution is 2.27. The van der Waals surface area contributed by atoms with Gasteiger partial charge in [0.2, 0.25) is 0 Å². The molecule has 1 amide bonds. The smallest absolute Gasteiger partial charge is 0.264 e. The number of carbonyl (C=O) groups excluding carboxylic acids is 1. The van der Waals surface area contributed by atoms with Crippen molar-refractivity contribution < 1.29 is 13.2 Å². The van der Waals surface area contributed by atoms with Crippen molar-refractivity contribution in [1.82, 2.24) is 5.32 Å². The molecule has 0 aliphatic heterocycles. The van der Waals surface area contributed by atoms with E-state index < -0.39 is 10.0 Å². The summed E-state index contributed by atoms with van der Waals surface area (Å²) in [6.07, 6.45) is 0. The summed E-state index contributed by atoms with van der Waals surface area (Å²) < 4.78 is 27.0. The summed E-state index contributed by atoms with van der Waals surface area (Å²) in [4.78, 5) is 12.9. The van der Waals surface area contributed by atoms with Crippen LogP contribution in [0, 0.1) is 13.8 Å². The van der Waals surface area contributed by atoms with Crippen LogP contribution in [-0.4, -0.2) is 21.4 Å². The fraction of sp³-hybridized carbons (Fsp3) is 0.174. The van der Waals surface area contributed by atoms with Crippen LogP contribution in [0.3, 0.4) is 0 Å². The zero-order valence-corrected chi connectivity index (χ0v) is 18.6. The number of rotatable bonds is 6. The summed E-state index contributed by atoms with van der Waals surface area (Å²) in [5.74, 6) is -0.372. The predicted octanol–water partition coefficient (Wildman–Crippen LogP) is 4.71. The molecule has 0 atom stereocenters. The van der Waals surface area contributed by atoms with Gasteiger partial charge in [-0.25, -0.2) is 8.42 Å². The Kier molecular flexibility index (Phi) is 6.48. The third-order valence-corrected chi connectivity index (χ3v) is 6.94. The molecule has 3 rings (SSSR count). The Balaban J connectivity index is 1.82. The van der Waals surface area contributed by atoms with Gasteiger partial charge in [-0.05, 0) is 49.7 Å². The molecule has 0 saturated carbocycles. The molecule has 0 saturated heterocycles. The lowest BCUT2D eigenvalue weighted by Crippen LogP contribution is -2.27. The summed E-state index contributed by atoms with van der Waals surface area (Å²) in [5.41, 5.74) is 3.63. The van der Waals surface area contributed by atoms with Crippen molar-refractivity contribution in [1.29, 1.82) is 0 Å². The van der Waals surface area contributed by atoms with E-state index in [0.29, 0.717) is 12.2 Å². The van der Waals surface area contributed by atoms with Crippen molar-refractivity contribution in [3.05, 3.63) is 94.0 Å². The molecule has 0 aromatic heterocycles. The summed E-state index contributed by atoms with van der Waals surface area (Å²) in [6.45, 7) is 4.23. The molecule has 0 aliphatic rings. The van der Waals surface area contributed by atoms with Crippen molar-refractivity contribution in [2.45, 2.75) is 25.3 Å². The summed E-state index contributed by atoms with van der Waals surface area (Å²) >= 11 is 6.22. The molecule has 0 heterocycles. The van der Waals surface area contributed by atoms with Crippen molar-refractivity contribution >= 4 is 33.2 Å². The maximum atomic E-state index is 12.9. The van der Waals surface area contributed by atoms with Crippen molar-refractivity contribution in [3.8, 4) is 0 Å². The van der Waals surface area contributed by atoms with Crippen molar-refractivity contribution in [2.24, 2.45) is 0 Å². The van der Waals surface area contributed by atoms with Crippen LogP contribution in [0.2, 0.25) is 5.02 Å². The first-order valence-corrected chi connectivity index (χ1v) is 11.2. The molecule has 156 valence electrons. The molecule has 7 heteroatoms. The lowest BCUT2D eigenvalue weighted by Gasteiger charge is -2.20. The fourth-order valence-electron chi connectivity index (χ4n) is 2.87.